The Kier molecular flexibility index (Phi) is 4.77. The molecule has 2 aromatic carbocycles. The van der Waals surface area contributed by atoms with Gasteiger partial charge in [0.2, 0.25) is 5.13 Å². The van der Waals surface area contributed by atoms with Gasteiger partial charge in [0.05, 0.1) is 4.90 Å². The van der Waals surface area contributed by atoms with Gasteiger partial charge < -0.3 is 5.32 Å². The van der Waals surface area contributed by atoms with Crippen LogP contribution in [0.25, 0.3) is 0 Å². The maximum Gasteiger partial charge on any atom is 0.263 e. The summed E-state index contributed by atoms with van der Waals surface area (Å²) in [7, 11) is -3.86. The van der Waals surface area contributed by atoms with Crippen molar-refractivity contribution < 1.29 is 13.2 Å². The van der Waals surface area contributed by atoms with Gasteiger partial charge in [-0.25, -0.2) is 8.42 Å². The fourth-order valence-corrected chi connectivity index (χ4v) is 4.11. The third kappa shape index (κ3) is 4.01. The molecule has 3 aromatic rings. The van der Waals surface area contributed by atoms with Gasteiger partial charge in [0.1, 0.15) is 5.51 Å². The highest BCUT2D eigenvalue weighted by molar-refractivity contribution is 7.93. The van der Waals surface area contributed by atoms with Crippen LogP contribution >= 0.6 is 11.3 Å². The topological polar surface area (TPSA) is 101 Å². The summed E-state index contributed by atoms with van der Waals surface area (Å²) in [6, 6.07) is 13.5. The lowest BCUT2D eigenvalue weighted by Crippen LogP contribution is -2.17. The molecule has 0 fully saturated rings. The lowest BCUT2D eigenvalue weighted by Gasteiger charge is -2.10. The monoisotopic (exact) mass is 374 g/mol. The zero-order valence-corrected chi connectivity index (χ0v) is 14.8. The van der Waals surface area contributed by atoms with E-state index in [9.17, 15) is 13.2 Å². The quantitative estimate of drug-likeness (QED) is 0.715. The van der Waals surface area contributed by atoms with Crippen molar-refractivity contribution in [1.82, 2.24) is 10.2 Å². The summed E-state index contributed by atoms with van der Waals surface area (Å²) in [5.74, 6) is -0.390. The maximum atomic E-state index is 12.5. The van der Waals surface area contributed by atoms with Gasteiger partial charge in [-0.15, -0.1) is 10.2 Å². The van der Waals surface area contributed by atoms with Crippen LogP contribution in [0.4, 0.5) is 10.8 Å². The first-order valence-electron chi connectivity index (χ1n) is 7.22. The van der Waals surface area contributed by atoms with Crippen molar-refractivity contribution in [3.63, 3.8) is 0 Å². The van der Waals surface area contributed by atoms with E-state index in [1.54, 1.807) is 43.3 Å². The first-order valence-corrected chi connectivity index (χ1v) is 9.58. The van der Waals surface area contributed by atoms with Crippen molar-refractivity contribution in [2.75, 3.05) is 10.0 Å². The van der Waals surface area contributed by atoms with Gasteiger partial charge in [-0.2, -0.15) is 0 Å². The molecule has 0 radical (unpaired) electrons. The van der Waals surface area contributed by atoms with Crippen LogP contribution in [0.15, 0.2) is 58.9 Å². The molecule has 9 heteroatoms. The van der Waals surface area contributed by atoms with Gasteiger partial charge >= 0.3 is 0 Å². The summed E-state index contributed by atoms with van der Waals surface area (Å²) in [4.78, 5) is 12.4. The molecule has 128 valence electrons. The Balaban J connectivity index is 1.88. The van der Waals surface area contributed by atoms with Crippen LogP contribution in [0.2, 0.25) is 0 Å². The molecule has 0 atom stereocenters. The maximum absolute atomic E-state index is 12.5. The van der Waals surface area contributed by atoms with Crippen molar-refractivity contribution in [3.05, 3.63) is 65.2 Å². The number of carbonyl (C=O) groups is 1. The molecule has 0 saturated heterocycles. The van der Waals surface area contributed by atoms with Crippen LogP contribution < -0.4 is 10.0 Å². The van der Waals surface area contributed by atoms with E-state index in [1.807, 2.05) is 6.07 Å². The average Bonchev–Trinajstić information content (AvgIpc) is 3.08. The smallest absolute Gasteiger partial charge is 0.263 e. The standard InChI is InChI=1S/C16H14N4O3S2/c1-11-7-8-12(15(21)18-13-5-3-2-4-6-13)9-14(11)25(22,23)20-16-19-17-10-24-16/h2-10H,1H3,(H,18,21)(H,19,20). The number of para-hydroxylation sites is 1. The lowest BCUT2D eigenvalue weighted by molar-refractivity contribution is 0.102. The van der Waals surface area contributed by atoms with E-state index < -0.39 is 15.9 Å². The van der Waals surface area contributed by atoms with Crippen molar-refractivity contribution in [1.29, 1.82) is 0 Å². The Morgan fingerprint density at radius 3 is 2.56 bits per heavy atom. The Morgan fingerprint density at radius 1 is 1.12 bits per heavy atom. The minimum Gasteiger partial charge on any atom is -0.322 e. The highest BCUT2D eigenvalue weighted by atomic mass is 32.2. The number of anilines is 2. The number of nitrogens with one attached hydrogen (secondary N) is 2. The molecule has 7 nitrogen and oxygen atoms in total. The summed E-state index contributed by atoms with van der Waals surface area (Å²) >= 11 is 1.07. The van der Waals surface area contributed by atoms with Crippen molar-refractivity contribution in [2.45, 2.75) is 11.8 Å². The molecular weight excluding hydrogens is 360 g/mol. The molecule has 1 aromatic heterocycles. The molecule has 0 bridgehead atoms. The summed E-state index contributed by atoms with van der Waals surface area (Å²) < 4.78 is 27.5. The first-order chi connectivity index (χ1) is 12.0. The number of hydrogen-bond acceptors (Lipinski definition) is 6. The fourth-order valence-electron chi connectivity index (χ4n) is 2.14. The predicted octanol–water partition coefficient (Wildman–Crippen LogP) is 2.90. The molecule has 0 unspecified atom stereocenters. The lowest BCUT2D eigenvalue weighted by atomic mass is 10.1. The minimum atomic E-state index is -3.86. The second-order valence-electron chi connectivity index (χ2n) is 5.15. The normalized spacial score (nSPS) is 11.1. The Labute approximate surface area is 148 Å². The predicted molar refractivity (Wildman–Crippen MR) is 96.3 cm³/mol. The summed E-state index contributed by atoms with van der Waals surface area (Å²) in [6.45, 7) is 1.66. The van der Waals surface area contributed by atoms with Gasteiger partial charge in [-0.05, 0) is 36.8 Å². The summed E-state index contributed by atoms with van der Waals surface area (Å²) in [5, 5.41) is 10.2. The molecule has 25 heavy (non-hydrogen) atoms. The second-order valence-corrected chi connectivity index (χ2v) is 7.63. The van der Waals surface area contributed by atoms with E-state index in [1.165, 1.54) is 11.6 Å². The summed E-state index contributed by atoms with van der Waals surface area (Å²) in [5.41, 5.74) is 2.82. The van der Waals surface area contributed by atoms with Gasteiger partial charge in [0.25, 0.3) is 15.9 Å². The van der Waals surface area contributed by atoms with Crippen molar-refractivity contribution >= 4 is 38.1 Å². The Bertz CT molecular complexity index is 987. The molecule has 2 N–H and O–H groups in total. The van der Waals surface area contributed by atoms with Crippen LogP contribution in [0, 0.1) is 6.92 Å². The summed E-state index contributed by atoms with van der Waals surface area (Å²) in [6.07, 6.45) is 0. The molecule has 0 aliphatic heterocycles. The van der Waals surface area contributed by atoms with Crippen LogP contribution in [0.3, 0.4) is 0 Å². The van der Waals surface area contributed by atoms with Crippen LogP contribution in [0.1, 0.15) is 15.9 Å². The largest absolute Gasteiger partial charge is 0.322 e. The minimum absolute atomic E-state index is 0.0170. The number of hydrogen-bond donors (Lipinski definition) is 2. The molecule has 0 spiro atoms. The van der Waals surface area contributed by atoms with Crippen molar-refractivity contribution in [2.24, 2.45) is 0 Å². The highest BCUT2D eigenvalue weighted by Crippen LogP contribution is 2.22. The molecule has 1 amide bonds. The van der Waals surface area contributed by atoms with Gasteiger partial charge in [-0.1, -0.05) is 35.6 Å². The van der Waals surface area contributed by atoms with Gasteiger partial charge in [-0.3, -0.25) is 9.52 Å². The number of aryl methyl sites for hydroxylation is 1. The number of carbonyl (C=O) groups excluding carboxylic acids is 1. The first kappa shape index (κ1) is 17.1. The number of sulfonamides is 1. The molecule has 0 aliphatic carbocycles. The average molecular weight is 374 g/mol. The Morgan fingerprint density at radius 2 is 1.88 bits per heavy atom. The molecule has 3 rings (SSSR count). The molecule has 1 heterocycles. The van der Waals surface area contributed by atoms with Gasteiger partial charge in [0.15, 0.2) is 0 Å². The van der Waals surface area contributed by atoms with E-state index >= 15 is 0 Å². The highest BCUT2D eigenvalue weighted by Gasteiger charge is 2.20. The van der Waals surface area contributed by atoms with E-state index in [0.717, 1.165) is 11.3 Å². The Hall–Kier alpha value is -2.78. The number of benzene rings is 2. The van der Waals surface area contributed by atoms with Gasteiger partial charge in [0, 0.05) is 11.3 Å². The number of aromatic nitrogens is 2. The SMILES string of the molecule is Cc1ccc(C(=O)Nc2ccccc2)cc1S(=O)(=O)Nc1nncs1. The number of rotatable bonds is 5. The third-order valence-electron chi connectivity index (χ3n) is 3.35. The van der Waals surface area contributed by atoms with Crippen LogP contribution in [-0.2, 0) is 10.0 Å². The number of amides is 1. The van der Waals surface area contributed by atoms with Crippen molar-refractivity contribution in [3.8, 4) is 0 Å². The zero-order valence-electron chi connectivity index (χ0n) is 13.1. The fraction of sp³-hybridized carbons (Fsp3) is 0.0625. The van der Waals surface area contributed by atoms with Crippen LogP contribution in [-0.4, -0.2) is 24.5 Å². The third-order valence-corrected chi connectivity index (χ3v) is 5.57. The molecular formula is C16H14N4O3S2. The molecule has 0 aliphatic rings. The second kappa shape index (κ2) is 6.99. The van der Waals surface area contributed by atoms with Crippen LogP contribution in [0.5, 0.6) is 0 Å². The van der Waals surface area contributed by atoms with E-state index in [0.29, 0.717) is 11.3 Å². The van der Waals surface area contributed by atoms with E-state index in [2.05, 4.69) is 20.2 Å². The van der Waals surface area contributed by atoms with E-state index in [-0.39, 0.29) is 15.6 Å². The zero-order chi connectivity index (χ0) is 17.9. The number of nitrogens with zero attached hydrogens (tertiary/aromatic N) is 2. The van der Waals surface area contributed by atoms with E-state index in [4.69, 9.17) is 0 Å². The molecule has 0 saturated carbocycles.